The first-order valence-electron chi connectivity index (χ1n) is 11.5. The van der Waals surface area contributed by atoms with Gasteiger partial charge in [0.2, 0.25) is 0 Å². The van der Waals surface area contributed by atoms with Crippen molar-refractivity contribution in [1.82, 2.24) is 19.9 Å². The molecule has 0 radical (unpaired) electrons. The molecular weight excluding hydrogens is 454 g/mol. The van der Waals surface area contributed by atoms with Crippen LogP contribution in [-0.2, 0) is 0 Å². The first-order chi connectivity index (χ1) is 16.8. The second-order valence-electron chi connectivity index (χ2n) is 8.77. The lowest BCUT2D eigenvalue weighted by Gasteiger charge is -2.23. The van der Waals surface area contributed by atoms with Crippen LogP contribution in [0.4, 0.5) is 20.3 Å². The van der Waals surface area contributed by atoms with Gasteiger partial charge in [0.15, 0.2) is 6.17 Å². The van der Waals surface area contributed by atoms with Crippen LogP contribution < -0.4 is 21.9 Å². The molecule has 0 spiro atoms. The number of nitrogens with zero attached hydrogens (tertiary/aromatic N) is 3. The Morgan fingerprint density at radius 3 is 2.66 bits per heavy atom. The summed E-state index contributed by atoms with van der Waals surface area (Å²) in [5, 5.41) is 6.14. The highest BCUT2D eigenvalue weighted by Gasteiger charge is 2.22. The lowest BCUT2D eigenvalue weighted by molar-refractivity contribution is 0.102. The molecule has 1 aliphatic rings. The van der Waals surface area contributed by atoms with Gasteiger partial charge in [-0.2, -0.15) is 0 Å². The van der Waals surface area contributed by atoms with Crippen LogP contribution in [-0.4, -0.2) is 33.7 Å². The van der Waals surface area contributed by atoms with Gasteiger partial charge in [-0.3, -0.25) is 19.1 Å². The molecule has 3 aromatic rings. The third kappa shape index (κ3) is 5.07. The third-order valence-electron chi connectivity index (χ3n) is 6.21. The summed E-state index contributed by atoms with van der Waals surface area (Å²) in [6.07, 6.45) is 5.94. The van der Waals surface area contributed by atoms with E-state index in [1.54, 1.807) is 20.0 Å². The van der Waals surface area contributed by atoms with Crippen molar-refractivity contribution in [2.75, 3.05) is 24.3 Å². The number of carbonyl (C=O) groups excluding carboxylic acids is 1. The van der Waals surface area contributed by atoms with Crippen LogP contribution in [0.2, 0.25) is 0 Å². The molecule has 2 aromatic heterocycles. The van der Waals surface area contributed by atoms with Crippen molar-refractivity contribution < 1.29 is 13.6 Å². The van der Waals surface area contributed by atoms with Gasteiger partial charge in [-0.05, 0) is 61.6 Å². The Balaban J connectivity index is 1.66. The van der Waals surface area contributed by atoms with E-state index in [1.165, 1.54) is 29.2 Å². The summed E-state index contributed by atoms with van der Waals surface area (Å²) in [4.78, 5) is 34.7. The number of amides is 1. The Hall–Kier alpha value is -3.66. The second kappa shape index (κ2) is 10.3. The number of pyridine rings is 1. The molecular formula is C25H28F2N6O2. The smallest absolute Gasteiger partial charge is 0.272 e. The predicted molar refractivity (Wildman–Crippen MR) is 130 cm³/mol. The van der Waals surface area contributed by atoms with Gasteiger partial charge in [-0.15, -0.1) is 0 Å². The third-order valence-corrected chi connectivity index (χ3v) is 6.21. The molecule has 1 amide bonds. The molecule has 35 heavy (non-hydrogen) atoms. The van der Waals surface area contributed by atoms with Crippen molar-refractivity contribution in [3.8, 4) is 5.69 Å². The summed E-state index contributed by atoms with van der Waals surface area (Å²) in [6, 6.07) is 4.94. The molecule has 3 heterocycles. The van der Waals surface area contributed by atoms with Gasteiger partial charge in [0.1, 0.15) is 24.4 Å². The number of nitrogen functional groups attached to an aromatic ring is 1. The van der Waals surface area contributed by atoms with E-state index in [0.717, 1.165) is 31.4 Å². The minimum Gasteiger partial charge on any atom is -0.383 e. The average molecular weight is 483 g/mol. The van der Waals surface area contributed by atoms with Crippen molar-refractivity contribution in [1.29, 1.82) is 0 Å². The fourth-order valence-corrected chi connectivity index (χ4v) is 4.53. The Bertz CT molecular complexity index is 1280. The number of aromatic nitrogens is 3. The zero-order valence-corrected chi connectivity index (χ0v) is 19.6. The maximum atomic E-state index is 13.9. The summed E-state index contributed by atoms with van der Waals surface area (Å²) >= 11 is 0. The van der Waals surface area contributed by atoms with Crippen LogP contribution in [0.5, 0.6) is 0 Å². The van der Waals surface area contributed by atoms with Gasteiger partial charge in [-0.25, -0.2) is 13.8 Å². The number of carbonyl (C=O) groups is 1. The predicted octanol–water partition coefficient (Wildman–Crippen LogP) is 3.87. The number of halogens is 2. The normalized spacial score (nSPS) is 16.6. The summed E-state index contributed by atoms with van der Waals surface area (Å²) in [6.45, 7) is 3.14. The van der Waals surface area contributed by atoms with Crippen LogP contribution in [0.25, 0.3) is 5.69 Å². The largest absolute Gasteiger partial charge is 0.383 e. The van der Waals surface area contributed by atoms with Crippen molar-refractivity contribution in [2.45, 2.75) is 45.3 Å². The van der Waals surface area contributed by atoms with Crippen molar-refractivity contribution in [3.63, 3.8) is 0 Å². The molecule has 1 fully saturated rings. The highest BCUT2D eigenvalue weighted by atomic mass is 19.2. The maximum Gasteiger partial charge on any atom is 0.272 e. The first kappa shape index (κ1) is 24.5. The van der Waals surface area contributed by atoms with Gasteiger partial charge in [0, 0.05) is 12.2 Å². The number of alkyl halides is 2. The van der Waals surface area contributed by atoms with Gasteiger partial charge < -0.3 is 16.4 Å². The number of hydrogen-bond acceptors (Lipinski definition) is 6. The number of hydrogen-bond donors (Lipinski definition) is 3. The zero-order valence-electron chi connectivity index (χ0n) is 19.6. The van der Waals surface area contributed by atoms with Crippen LogP contribution in [0.3, 0.4) is 0 Å². The van der Waals surface area contributed by atoms with Gasteiger partial charge in [0.05, 0.1) is 17.6 Å². The van der Waals surface area contributed by atoms with E-state index in [4.69, 9.17) is 5.73 Å². The van der Waals surface area contributed by atoms with Crippen molar-refractivity contribution >= 4 is 17.4 Å². The molecule has 10 heteroatoms. The Morgan fingerprint density at radius 1 is 1.26 bits per heavy atom. The monoisotopic (exact) mass is 482 g/mol. The number of benzene rings is 1. The number of nitrogens with one attached hydrogen (secondary N) is 2. The quantitative estimate of drug-likeness (QED) is 0.491. The standard InChI is InChI=1S/C25H28F2N6O2/c1-14-7-16(19(27)10-26)8-15(2)22(14)33-13-31-23(28)21(25(33)35)24(34)32-18-9-17(11-29-12-18)20-5-3-4-6-30-20/h7-9,11-13,19-20,30H,3-6,10,28H2,1-2H3,(H,32,34)/t19-,20+/m0/s1. The van der Waals surface area contributed by atoms with Gasteiger partial charge in [0.25, 0.3) is 11.5 Å². The minimum atomic E-state index is -1.75. The molecule has 0 bridgehead atoms. The van der Waals surface area contributed by atoms with E-state index in [0.29, 0.717) is 22.5 Å². The molecule has 1 aromatic carbocycles. The topological polar surface area (TPSA) is 115 Å². The second-order valence-corrected chi connectivity index (χ2v) is 8.77. The van der Waals surface area contributed by atoms with E-state index >= 15 is 0 Å². The van der Waals surface area contributed by atoms with E-state index in [9.17, 15) is 18.4 Å². The maximum absolute atomic E-state index is 13.9. The van der Waals surface area contributed by atoms with Crippen LogP contribution >= 0.6 is 0 Å². The first-order valence-corrected chi connectivity index (χ1v) is 11.5. The summed E-state index contributed by atoms with van der Waals surface area (Å²) in [5.74, 6) is -0.923. The Labute approximate surface area is 201 Å². The lowest BCUT2D eigenvalue weighted by Crippen LogP contribution is -2.31. The summed E-state index contributed by atoms with van der Waals surface area (Å²) < 4.78 is 27.9. The molecule has 1 saturated heterocycles. The van der Waals surface area contributed by atoms with Gasteiger partial charge in [-0.1, -0.05) is 18.6 Å². The Morgan fingerprint density at radius 2 is 2.00 bits per heavy atom. The van der Waals surface area contributed by atoms with Gasteiger partial charge >= 0.3 is 0 Å². The molecule has 1 aliphatic heterocycles. The molecule has 184 valence electrons. The van der Waals surface area contributed by atoms with Crippen LogP contribution in [0.15, 0.2) is 41.7 Å². The molecule has 4 rings (SSSR count). The highest BCUT2D eigenvalue weighted by Crippen LogP contribution is 2.27. The number of aryl methyl sites for hydroxylation is 2. The zero-order chi connectivity index (χ0) is 25.1. The van der Waals surface area contributed by atoms with Crippen molar-refractivity contribution in [2.24, 2.45) is 0 Å². The number of nitrogens with two attached hydrogens (primary N) is 1. The molecule has 8 nitrogen and oxygen atoms in total. The van der Waals surface area contributed by atoms with Crippen molar-refractivity contribution in [3.05, 3.63) is 75.1 Å². The molecule has 0 aliphatic carbocycles. The van der Waals surface area contributed by atoms with E-state index in [2.05, 4.69) is 20.6 Å². The van der Waals surface area contributed by atoms with E-state index in [-0.39, 0.29) is 23.0 Å². The van der Waals surface area contributed by atoms with Crippen LogP contribution in [0, 0.1) is 13.8 Å². The minimum absolute atomic E-state index is 0.157. The molecule has 0 saturated carbocycles. The SMILES string of the molecule is Cc1cc([C@@H](F)CF)cc(C)c1-n1cnc(N)c(C(=O)Nc2cncc([C@H]3CCCCN3)c2)c1=O. The summed E-state index contributed by atoms with van der Waals surface area (Å²) in [7, 11) is 0. The fourth-order valence-electron chi connectivity index (χ4n) is 4.53. The van der Waals surface area contributed by atoms with Crippen LogP contribution in [0.1, 0.15) is 64.1 Å². The summed E-state index contributed by atoms with van der Waals surface area (Å²) in [5.41, 5.74) is 8.00. The number of anilines is 2. The molecule has 4 N–H and O–H groups in total. The molecule has 0 unspecified atom stereocenters. The van der Waals surface area contributed by atoms with E-state index < -0.39 is 24.3 Å². The lowest BCUT2D eigenvalue weighted by atomic mass is 9.99. The highest BCUT2D eigenvalue weighted by molar-refractivity contribution is 6.06. The Kier molecular flexibility index (Phi) is 7.20. The number of piperidine rings is 1. The fraction of sp³-hybridized carbons (Fsp3) is 0.360. The van der Waals surface area contributed by atoms with E-state index in [1.807, 2.05) is 6.07 Å². The number of rotatable bonds is 6. The average Bonchev–Trinajstić information content (AvgIpc) is 2.85. The molecule has 2 atom stereocenters.